The number of amides is 2. The first-order chi connectivity index (χ1) is 7.99. The second-order valence-electron chi connectivity index (χ2n) is 4.88. The number of hydrogen-bond donors (Lipinski definition) is 1. The fourth-order valence-corrected chi connectivity index (χ4v) is 1.82. The van der Waals surface area contributed by atoms with Crippen LogP contribution in [0, 0.1) is 5.41 Å². The lowest BCUT2D eigenvalue weighted by Gasteiger charge is -2.36. The number of unbranched alkanes of at least 4 members (excludes halogenated alkanes) is 1. The number of likely N-dealkylation sites (tertiary alicyclic amines) is 1. The number of nitrogens with two attached hydrogens (primary N) is 1. The molecular formula is C12H22N2O3. The zero-order valence-electron chi connectivity index (χ0n) is 10.7. The Bertz CT molecular complexity index is 283. The Hall–Kier alpha value is -1.26. The predicted molar refractivity (Wildman–Crippen MR) is 64.4 cm³/mol. The van der Waals surface area contributed by atoms with Crippen LogP contribution in [0.15, 0.2) is 0 Å². The third kappa shape index (κ3) is 3.61. The number of carbonyl (C=O) groups is 2. The van der Waals surface area contributed by atoms with Crippen molar-refractivity contribution < 1.29 is 14.3 Å². The molecule has 0 atom stereocenters. The highest BCUT2D eigenvalue weighted by Crippen LogP contribution is 2.30. The minimum absolute atomic E-state index is 0.273. The van der Waals surface area contributed by atoms with Crippen LogP contribution in [0.1, 0.15) is 39.5 Å². The van der Waals surface area contributed by atoms with Crippen molar-refractivity contribution in [3.05, 3.63) is 0 Å². The van der Waals surface area contributed by atoms with Crippen molar-refractivity contribution in [1.82, 2.24) is 4.90 Å². The van der Waals surface area contributed by atoms with Crippen LogP contribution in [-0.4, -0.2) is 36.6 Å². The number of carbonyl (C=O) groups excluding carboxylic acids is 2. The molecule has 0 saturated carbocycles. The highest BCUT2D eigenvalue weighted by molar-refractivity contribution is 5.80. The topological polar surface area (TPSA) is 72.6 Å². The van der Waals surface area contributed by atoms with Gasteiger partial charge in [-0.3, -0.25) is 4.79 Å². The average molecular weight is 242 g/mol. The van der Waals surface area contributed by atoms with E-state index in [0.717, 1.165) is 12.8 Å². The summed E-state index contributed by atoms with van der Waals surface area (Å²) in [4.78, 5) is 24.5. The molecule has 0 bridgehead atoms. The molecular weight excluding hydrogens is 220 g/mol. The molecule has 0 unspecified atom stereocenters. The fourth-order valence-electron chi connectivity index (χ4n) is 1.82. The lowest BCUT2D eigenvalue weighted by atomic mass is 9.80. The molecule has 1 aliphatic rings. The molecule has 98 valence electrons. The summed E-state index contributed by atoms with van der Waals surface area (Å²) in [5, 5.41) is 0. The van der Waals surface area contributed by atoms with Crippen molar-refractivity contribution in [2.45, 2.75) is 39.5 Å². The molecule has 0 aromatic carbocycles. The number of primary amides is 1. The van der Waals surface area contributed by atoms with Gasteiger partial charge in [0.15, 0.2) is 0 Å². The van der Waals surface area contributed by atoms with Crippen molar-refractivity contribution in [1.29, 1.82) is 0 Å². The largest absolute Gasteiger partial charge is 0.449 e. The van der Waals surface area contributed by atoms with Gasteiger partial charge in [-0.1, -0.05) is 20.3 Å². The van der Waals surface area contributed by atoms with Gasteiger partial charge in [0.1, 0.15) is 0 Å². The van der Waals surface area contributed by atoms with Gasteiger partial charge in [-0.05, 0) is 19.3 Å². The number of rotatable bonds is 4. The Morgan fingerprint density at radius 2 is 1.94 bits per heavy atom. The van der Waals surface area contributed by atoms with Gasteiger partial charge in [0.25, 0.3) is 0 Å². The Labute approximate surface area is 102 Å². The van der Waals surface area contributed by atoms with Gasteiger partial charge in [-0.2, -0.15) is 0 Å². The quantitative estimate of drug-likeness (QED) is 0.759. The van der Waals surface area contributed by atoms with Crippen LogP contribution in [0.2, 0.25) is 0 Å². The van der Waals surface area contributed by atoms with Gasteiger partial charge in [-0.25, -0.2) is 4.79 Å². The monoisotopic (exact) mass is 242 g/mol. The van der Waals surface area contributed by atoms with E-state index < -0.39 is 5.41 Å². The first-order valence-corrected chi connectivity index (χ1v) is 6.21. The number of ether oxygens (including phenoxy) is 1. The van der Waals surface area contributed by atoms with E-state index in [9.17, 15) is 9.59 Å². The normalized spacial score (nSPS) is 18.8. The molecule has 5 heteroatoms. The average Bonchev–Trinajstić information content (AvgIpc) is 2.30. The molecule has 0 aromatic heterocycles. The summed E-state index contributed by atoms with van der Waals surface area (Å²) in [6.45, 7) is 5.47. The van der Waals surface area contributed by atoms with E-state index in [4.69, 9.17) is 10.5 Å². The minimum Gasteiger partial charge on any atom is -0.449 e. The molecule has 2 amide bonds. The first-order valence-electron chi connectivity index (χ1n) is 6.21. The van der Waals surface area contributed by atoms with Crippen LogP contribution in [0.4, 0.5) is 4.79 Å². The molecule has 0 spiro atoms. The summed E-state index contributed by atoms with van der Waals surface area (Å²) in [5.41, 5.74) is 4.88. The molecule has 5 nitrogen and oxygen atoms in total. The van der Waals surface area contributed by atoms with Crippen LogP contribution in [0.25, 0.3) is 0 Å². The molecule has 0 aliphatic carbocycles. The van der Waals surface area contributed by atoms with Crippen molar-refractivity contribution in [2.24, 2.45) is 11.1 Å². The molecule has 1 heterocycles. The second kappa shape index (κ2) is 5.89. The molecule has 2 N–H and O–H groups in total. The molecule has 1 rings (SSSR count). The van der Waals surface area contributed by atoms with E-state index >= 15 is 0 Å². The van der Waals surface area contributed by atoms with E-state index in [1.165, 1.54) is 0 Å². The number of hydrogen-bond acceptors (Lipinski definition) is 3. The van der Waals surface area contributed by atoms with Gasteiger partial charge in [0.2, 0.25) is 5.91 Å². The van der Waals surface area contributed by atoms with Crippen molar-refractivity contribution in [3.8, 4) is 0 Å². The van der Waals surface area contributed by atoms with Gasteiger partial charge < -0.3 is 15.4 Å². The number of piperidine rings is 1. The van der Waals surface area contributed by atoms with Crippen LogP contribution >= 0.6 is 0 Å². The van der Waals surface area contributed by atoms with Crippen molar-refractivity contribution in [3.63, 3.8) is 0 Å². The van der Waals surface area contributed by atoms with Crippen LogP contribution < -0.4 is 5.73 Å². The zero-order valence-corrected chi connectivity index (χ0v) is 10.7. The summed E-state index contributed by atoms with van der Waals surface area (Å²) < 4.78 is 5.12. The van der Waals surface area contributed by atoms with E-state index in [1.807, 2.05) is 13.8 Å². The lowest BCUT2D eigenvalue weighted by Crippen LogP contribution is -2.47. The van der Waals surface area contributed by atoms with Crippen LogP contribution in [0.3, 0.4) is 0 Å². The summed E-state index contributed by atoms with van der Waals surface area (Å²) in [6, 6.07) is 0. The smallest absolute Gasteiger partial charge is 0.409 e. The predicted octanol–water partition coefficient (Wildman–Crippen LogP) is 1.51. The van der Waals surface area contributed by atoms with Gasteiger partial charge in [0.05, 0.1) is 6.61 Å². The molecule has 17 heavy (non-hydrogen) atoms. The summed E-state index contributed by atoms with van der Waals surface area (Å²) >= 11 is 0. The zero-order chi connectivity index (χ0) is 12.9. The minimum atomic E-state index is -0.472. The Morgan fingerprint density at radius 1 is 1.35 bits per heavy atom. The fraction of sp³-hybridized carbons (Fsp3) is 0.833. The van der Waals surface area contributed by atoms with Gasteiger partial charge >= 0.3 is 6.09 Å². The first kappa shape index (κ1) is 13.8. The highest BCUT2D eigenvalue weighted by atomic mass is 16.6. The SMILES string of the molecule is CCCCOC(=O)N1CCC(C)(C(N)=O)CC1. The maximum absolute atomic E-state index is 11.6. The van der Waals surface area contributed by atoms with Crippen LogP contribution in [-0.2, 0) is 9.53 Å². The maximum Gasteiger partial charge on any atom is 0.409 e. The number of nitrogens with zero attached hydrogens (tertiary/aromatic N) is 1. The molecule has 1 saturated heterocycles. The Kier molecular flexibility index (Phi) is 4.78. The third-order valence-electron chi connectivity index (χ3n) is 3.44. The van der Waals surface area contributed by atoms with Gasteiger partial charge in [0, 0.05) is 18.5 Å². The van der Waals surface area contributed by atoms with Crippen LogP contribution in [0.5, 0.6) is 0 Å². The maximum atomic E-state index is 11.6. The Balaban J connectivity index is 2.36. The van der Waals surface area contributed by atoms with Crippen molar-refractivity contribution in [2.75, 3.05) is 19.7 Å². The third-order valence-corrected chi connectivity index (χ3v) is 3.44. The lowest BCUT2D eigenvalue weighted by molar-refractivity contribution is -0.129. The van der Waals surface area contributed by atoms with E-state index in [-0.39, 0.29) is 12.0 Å². The van der Waals surface area contributed by atoms with E-state index in [2.05, 4.69) is 0 Å². The molecule has 0 radical (unpaired) electrons. The summed E-state index contributed by atoms with van der Waals surface area (Å²) in [7, 11) is 0. The molecule has 1 fully saturated rings. The van der Waals surface area contributed by atoms with E-state index in [0.29, 0.717) is 32.5 Å². The highest BCUT2D eigenvalue weighted by Gasteiger charge is 2.36. The summed E-state index contributed by atoms with van der Waals surface area (Å²) in [6.07, 6.45) is 2.85. The molecule has 1 aliphatic heterocycles. The van der Waals surface area contributed by atoms with Gasteiger partial charge in [-0.15, -0.1) is 0 Å². The second-order valence-corrected chi connectivity index (χ2v) is 4.88. The summed E-state index contributed by atoms with van der Waals surface area (Å²) in [5.74, 6) is -0.281. The standard InChI is InChI=1S/C12H22N2O3/c1-3-4-9-17-11(16)14-7-5-12(2,6-8-14)10(13)15/h3-9H2,1-2H3,(H2,13,15). The Morgan fingerprint density at radius 3 is 2.41 bits per heavy atom. The van der Waals surface area contributed by atoms with E-state index in [1.54, 1.807) is 4.90 Å². The molecule has 0 aromatic rings. The van der Waals surface area contributed by atoms with Crippen molar-refractivity contribution >= 4 is 12.0 Å².